The summed E-state index contributed by atoms with van der Waals surface area (Å²) < 4.78 is 8.93. The highest BCUT2D eigenvalue weighted by Crippen LogP contribution is 2.03. The van der Waals surface area contributed by atoms with Crippen molar-refractivity contribution >= 4 is 17.1 Å². The van der Waals surface area contributed by atoms with E-state index in [2.05, 4.69) is 4.98 Å². The third-order valence-corrected chi connectivity index (χ3v) is 3.23. The van der Waals surface area contributed by atoms with Crippen molar-refractivity contribution in [3.05, 3.63) is 27.2 Å². The normalized spacial score (nSPS) is 11.3. The molecule has 0 spiro atoms. The number of esters is 1. The zero-order valence-corrected chi connectivity index (χ0v) is 12.5. The number of aryl methyl sites for hydroxylation is 2. The summed E-state index contributed by atoms with van der Waals surface area (Å²) >= 11 is 0. The Labute approximate surface area is 120 Å². The maximum Gasteiger partial charge on any atom is 0.332 e. The van der Waals surface area contributed by atoms with Crippen molar-refractivity contribution in [1.82, 2.24) is 18.7 Å². The summed E-state index contributed by atoms with van der Waals surface area (Å²) in [5.74, 6) is -0.606. The molecule has 2 rings (SSSR count). The van der Waals surface area contributed by atoms with Gasteiger partial charge < -0.3 is 9.30 Å². The molecule has 21 heavy (non-hydrogen) atoms. The van der Waals surface area contributed by atoms with Gasteiger partial charge in [0.2, 0.25) is 0 Å². The summed E-state index contributed by atoms with van der Waals surface area (Å²) in [6.45, 7) is 3.44. The number of ether oxygens (including phenoxy) is 1. The molecule has 0 aliphatic heterocycles. The lowest BCUT2D eigenvalue weighted by molar-refractivity contribution is -0.147. The lowest BCUT2D eigenvalue weighted by atomic mass is 10.2. The van der Waals surface area contributed by atoms with Crippen LogP contribution in [-0.2, 0) is 30.2 Å². The second kappa shape index (κ2) is 5.55. The van der Waals surface area contributed by atoms with Crippen LogP contribution in [0.1, 0.15) is 13.8 Å². The second-order valence-electron chi connectivity index (χ2n) is 5.15. The topological polar surface area (TPSA) is 88.1 Å². The quantitative estimate of drug-likeness (QED) is 0.718. The van der Waals surface area contributed by atoms with Gasteiger partial charge in [-0.2, -0.15) is 0 Å². The average Bonchev–Trinajstić information content (AvgIpc) is 2.82. The van der Waals surface area contributed by atoms with Crippen molar-refractivity contribution in [2.75, 3.05) is 6.61 Å². The fraction of sp³-hybridized carbons (Fsp3) is 0.538. The van der Waals surface area contributed by atoms with Gasteiger partial charge in [-0.15, -0.1) is 0 Å². The predicted octanol–water partition coefficient (Wildman–Crippen LogP) is -0.367. The number of nitrogens with zero attached hydrogens (tertiary/aromatic N) is 4. The van der Waals surface area contributed by atoms with Gasteiger partial charge in [0.1, 0.15) is 6.61 Å². The number of carbonyl (C=O) groups is 1. The van der Waals surface area contributed by atoms with Crippen LogP contribution in [0.3, 0.4) is 0 Å². The van der Waals surface area contributed by atoms with Crippen LogP contribution in [0.5, 0.6) is 0 Å². The Hall–Kier alpha value is -2.38. The Balaban J connectivity index is 2.36. The molecule has 2 aromatic heterocycles. The molecule has 0 radical (unpaired) electrons. The van der Waals surface area contributed by atoms with Crippen molar-refractivity contribution in [2.45, 2.75) is 20.4 Å². The van der Waals surface area contributed by atoms with Gasteiger partial charge in [0.05, 0.1) is 18.8 Å². The number of aromatic nitrogens is 4. The number of hydrogen-bond donors (Lipinski definition) is 0. The first-order chi connectivity index (χ1) is 9.84. The molecule has 0 aliphatic carbocycles. The first-order valence-corrected chi connectivity index (χ1v) is 6.62. The monoisotopic (exact) mass is 294 g/mol. The van der Waals surface area contributed by atoms with E-state index >= 15 is 0 Å². The SMILES string of the molecule is CC(C)C(=O)OCCn1c(=O)c2c(ncn2C)n(C)c1=O. The van der Waals surface area contributed by atoms with Gasteiger partial charge in [0.25, 0.3) is 5.56 Å². The molecule has 2 aromatic rings. The van der Waals surface area contributed by atoms with Gasteiger partial charge in [0, 0.05) is 14.1 Å². The zero-order chi connectivity index (χ0) is 15.7. The van der Waals surface area contributed by atoms with E-state index in [9.17, 15) is 14.4 Å². The van der Waals surface area contributed by atoms with Crippen LogP contribution in [0, 0.1) is 5.92 Å². The first-order valence-electron chi connectivity index (χ1n) is 6.62. The summed E-state index contributed by atoms with van der Waals surface area (Å²) in [5.41, 5.74) is -0.240. The molecule has 0 fully saturated rings. The molecule has 0 atom stereocenters. The van der Waals surface area contributed by atoms with Gasteiger partial charge in [-0.05, 0) is 0 Å². The van der Waals surface area contributed by atoms with Crippen LogP contribution in [0.25, 0.3) is 11.2 Å². The standard InChI is InChI=1S/C13H18N4O4/c1-8(2)12(19)21-6-5-17-11(18)9-10(14-7-15(9)3)16(4)13(17)20/h7-8H,5-6H2,1-4H3. The summed E-state index contributed by atoms with van der Waals surface area (Å²) in [6.07, 6.45) is 1.48. The molecule has 114 valence electrons. The maximum absolute atomic E-state index is 12.3. The van der Waals surface area contributed by atoms with Gasteiger partial charge in [-0.25, -0.2) is 9.78 Å². The third-order valence-electron chi connectivity index (χ3n) is 3.23. The van der Waals surface area contributed by atoms with Crippen molar-refractivity contribution in [3.63, 3.8) is 0 Å². The Morgan fingerprint density at radius 3 is 2.62 bits per heavy atom. The van der Waals surface area contributed by atoms with Gasteiger partial charge in [-0.3, -0.25) is 18.7 Å². The van der Waals surface area contributed by atoms with E-state index in [0.717, 1.165) is 4.57 Å². The summed E-state index contributed by atoms with van der Waals surface area (Å²) in [4.78, 5) is 39.9. The van der Waals surface area contributed by atoms with Crippen molar-refractivity contribution in [2.24, 2.45) is 20.0 Å². The lowest BCUT2D eigenvalue weighted by Crippen LogP contribution is -2.40. The molecule has 2 heterocycles. The van der Waals surface area contributed by atoms with E-state index in [1.807, 2.05) is 0 Å². The molecule has 0 unspecified atom stereocenters. The van der Waals surface area contributed by atoms with Crippen LogP contribution in [0.4, 0.5) is 0 Å². The summed E-state index contributed by atoms with van der Waals surface area (Å²) in [6, 6.07) is 0. The van der Waals surface area contributed by atoms with Gasteiger partial charge in [-0.1, -0.05) is 13.8 Å². The highest BCUT2D eigenvalue weighted by Gasteiger charge is 2.15. The number of fused-ring (bicyclic) bond motifs is 1. The summed E-state index contributed by atoms with van der Waals surface area (Å²) in [7, 11) is 3.23. The average molecular weight is 294 g/mol. The predicted molar refractivity (Wildman–Crippen MR) is 76.0 cm³/mol. The molecule has 0 aromatic carbocycles. The van der Waals surface area contributed by atoms with Crippen molar-refractivity contribution in [1.29, 1.82) is 0 Å². The summed E-state index contributed by atoms with van der Waals surface area (Å²) in [5, 5.41) is 0. The number of carbonyl (C=O) groups excluding carboxylic acids is 1. The van der Waals surface area contributed by atoms with E-state index in [1.165, 1.54) is 10.9 Å². The smallest absolute Gasteiger partial charge is 0.332 e. The first kappa shape index (κ1) is 15.0. The molecule has 0 saturated carbocycles. The van der Waals surface area contributed by atoms with Crippen molar-refractivity contribution < 1.29 is 9.53 Å². The lowest BCUT2D eigenvalue weighted by Gasteiger charge is -2.10. The second-order valence-corrected chi connectivity index (χ2v) is 5.15. The number of imidazole rings is 1. The molecule has 0 saturated heterocycles. The van der Waals surface area contributed by atoms with Gasteiger partial charge in [0.15, 0.2) is 11.2 Å². The van der Waals surface area contributed by atoms with Crippen LogP contribution < -0.4 is 11.2 Å². The highest BCUT2D eigenvalue weighted by atomic mass is 16.5. The Bertz CT molecular complexity index is 797. The fourth-order valence-electron chi connectivity index (χ4n) is 2.00. The van der Waals surface area contributed by atoms with E-state index in [4.69, 9.17) is 4.74 Å². The molecule has 8 nitrogen and oxygen atoms in total. The van der Waals surface area contributed by atoms with E-state index in [-0.39, 0.29) is 25.0 Å². The largest absolute Gasteiger partial charge is 0.464 e. The van der Waals surface area contributed by atoms with Crippen molar-refractivity contribution in [3.8, 4) is 0 Å². The minimum absolute atomic E-state index is 0.0183. The molecule has 0 amide bonds. The Kier molecular flexibility index (Phi) is 3.97. The molecule has 8 heteroatoms. The highest BCUT2D eigenvalue weighted by molar-refractivity contribution is 5.71. The van der Waals surface area contributed by atoms with E-state index in [1.54, 1.807) is 32.5 Å². The van der Waals surface area contributed by atoms with Gasteiger partial charge >= 0.3 is 11.7 Å². The Morgan fingerprint density at radius 2 is 2.00 bits per heavy atom. The number of hydrogen-bond acceptors (Lipinski definition) is 5. The van der Waals surface area contributed by atoms with Crippen LogP contribution in [-0.4, -0.2) is 31.3 Å². The minimum Gasteiger partial charge on any atom is -0.464 e. The Morgan fingerprint density at radius 1 is 1.33 bits per heavy atom. The molecule has 0 bridgehead atoms. The molecular formula is C13H18N4O4. The third kappa shape index (κ3) is 2.61. The maximum atomic E-state index is 12.3. The van der Waals surface area contributed by atoms with Crippen LogP contribution >= 0.6 is 0 Å². The van der Waals surface area contributed by atoms with E-state index < -0.39 is 11.2 Å². The minimum atomic E-state index is -0.480. The fourth-order valence-corrected chi connectivity index (χ4v) is 2.00. The van der Waals surface area contributed by atoms with Crippen LogP contribution in [0.2, 0.25) is 0 Å². The zero-order valence-electron chi connectivity index (χ0n) is 12.5. The molecule has 0 aliphatic rings. The number of rotatable bonds is 4. The molecule has 0 N–H and O–H groups in total. The van der Waals surface area contributed by atoms with Crippen LogP contribution in [0.15, 0.2) is 15.9 Å². The van der Waals surface area contributed by atoms with E-state index in [0.29, 0.717) is 11.2 Å². The molecular weight excluding hydrogens is 276 g/mol.